The largest absolute Gasteiger partial charge is 0.486 e. The molecule has 0 radical (unpaired) electrons. The monoisotopic (exact) mass is 321 g/mol. The fourth-order valence-corrected chi connectivity index (χ4v) is 3.82. The van der Waals surface area contributed by atoms with Crippen LogP contribution in [0.2, 0.25) is 0 Å². The molecule has 0 N–H and O–H groups in total. The highest BCUT2D eigenvalue weighted by Crippen LogP contribution is 2.51. The lowest BCUT2D eigenvalue weighted by molar-refractivity contribution is 0.0640. The molecule has 0 bridgehead atoms. The number of para-hydroxylation sites is 1. The van der Waals surface area contributed by atoms with E-state index < -0.39 is 0 Å². The third-order valence-corrected chi connectivity index (χ3v) is 4.88. The molecule has 1 aliphatic carbocycles. The van der Waals surface area contributed by atoms with Crippen LogP contribution in [-0.2, 0) is 0 Å². The van der Waals surface area contributed by atoms with Gasteiger partial charge in [-0.25, -0.2) is 0 Å². The quantitative estimate of drug-likeness (QED) is 0.742. The fourth-order valence-electron chi connectivity index (χ4n) is 3.82. The molecule has 1 fully saturated rings. The maximum absolute atomic E-state index is 6.52. The zero-order chi connectivity index (χ0) is 14.7. The minimum Gasteiger partial charge on any atom is -0.486 e. The molecule has 22 heavy (non-hydrogen) atoms. The van der Waals surface area contributed by atoms with Gasteiger partial charge in [-0.2, -0.15) is 0 Å². The minimum absolute atomic E-state index is 0. The highest BCUT2D eigenvalue weighted by Gasteiger charge is 2.46. The van der Waals surface area contributed by atoms with Gasteiger partial charge in [0.1, 0.15) is 11.4 Å². The topological polar surface area (TPSA) is 12.5 Å². The van der Waals surface area contributed by atoms with Crippen LogP contribution < -0.4 is 4.74 Å². The number of hydrogen-bond donors (Lipinski definition) is 0. The number of halogens is 1. The van der Waals surface area contributed by atoms with E-state index in [1.807, 2.05) is 0 Å². The highest BCUT2D eigenvalue weighted by atomic mass is 35.5. The number of rotatable bonds is 3. The molecular formula is C19H28ClNO. The molecule has 0 saturated heterocycles. The fraction of sp³-hybridized carbons (Fsp3) is 0.579. The molecule has 1 aromatic carbocycles. The number of fused-ring (bicyclic) bond motifs is 1. The molecule has 1 heterocycles. The highest BCUT2D eigenvalue weighted by molar-refractivity contribution is 5.85. The SMILES string of the molecule is CN(C)C/C=C/C1c2ccccc2OC12CCCCCC2.Cl. The predicted octanol–water partition coefficient (Wildman–Crippen LogP) is 4.80. The van der Waals surface area contributed by atoms with Gasteiger partial charge in [-0.1, -0.05) is 43.2 Å². The lowest BCUT2D eigenvalue weighted by Gasteiger charge is -2.32. The second-order valence-electron chi connectivity index (χ2n) is 6.79. The van der Waals surface area contributed by atoms with Crippen molar-refractivity contribution in [1.82, 2.24) is 4.90 Å². The molecule has 122 valence electrons. The Kier molecular flexibility index (Phi) is 5.94. The first-order valence-electron chi connectivity index (χ1n) is 8.31. The Morgan fingerprint density at radius 3 is 2.50 bits per heavy atom. The summed E-state index contributed by atoms with van der Waals surface area (Å²) in [5.74, 6) is 1.53. The van der Waals surface area contributed by atoms with Crippen molar-refractivity contribution in [2.75, 3.05) is 20.6 Å². The first kappa shape index (κ1) is 17.4. The van der Waals surface area contributed by atoms with E-state index in [0.717, 1.165) is 12.3 Å². The molecule has 0 amide bonds. The summed E-state index contributed by atoms with van der Waals surface area (Å²) in [5.41, 5.74) is 1.40. The minimum atomic E-state index is 0. The Labute approximate surface area is 141 Å². The molecule has 3 rings (SSSR count). The van der Waals surface area contributed by atoms with Crippen LogP contribution in [0.3, 0.4) is 0 Å². The van der Waals surface area contributed by atoms with Crippen molar-refractivity contribution in [3.8, 4) is 5.75 Å². The molecule has 0 aromatic heterocycles. The first-order valence-corrected chi connectivity index (χ1v) is 8.31. The third-order valence-electron chi connectivity index (χ3n) is 4.88. The molecule has 1 spiro atoms. The van der Waals surface area contributed by atoms with Crippen molar-refractivity contribution in [3.05, 3.63) is 42.0 Å². The Morgan fingerprint density at radius 2 is 1.82 bits per heavy atom. The zero-order valence-corrected chi connectivity index (χ0v) is 14.6. The van der Waals surface area contributed by atoms with Crippen LogP contribution in [0.4, 0.5) is 0 Å². The summed E-state index contributed by atoms with van der Waals surface area (Å²) in [6.07, 6.45) is 12.4. The van der Waals surface area contributed by atoms with Crippen molar-refractivity contribution < 1.29 is 4.74 Å². The summed E-state index contributed by atoms with van der Waals surface area (Å²) >= 11 is 0. The maximum atomic E-state index is 6.52. The van der Waals surface area contributed by atoms with Gasteiger partial charge in [-0.05, 0) is 45.8 Å². The molecular weight excluding hydrogens is 294 g/mol. The van der Waals surface area contributed by atoms with Gasteiger partial charge in [0, 0.05) is 18.0 Å². The molecule has 3 heteroatoms. The summed E-state index contributed by atoms with van der Waals surface area (Å²) in [5, 5.41) is 0. The average Bonchev–Trinajstić information content (AvgIpc) is 2.60. The van der Waals surface area contributed by atoms with Crippen LogP contribution in [0.1, 0.15) is 50.0 Å². The number of likely N-dealkylation sites (N-methyl/N-ethyl adjacent to an activating group) is 1. The van der Waals surface area contributed by atoms with Gasteiger partial charge in [-0.15, -0.1) is 12.4 Å². The average molecular weight is 322 g/mol. The van der Waals surface area contributed by atoms with E-state index >= 15 is 0 Å². The van der Waals surface area contributed by atoms with Crippen LogP contribution >= 0.6 is 12.4 Å². The molecule has 1 atom stereocenters. The van der Waals surface area contributed by atoms with Gasteiger partial charge < -0.3 is 9.64 Å². The molecule has 2 aliphatic rings. The summed E-state index contributed by atoms with van der Waals surface area (Å²) in [6.45, 7) is 0.995. The molecule has 1 unspecified atom stereocenters. The standard InChI is InChI=1S/C19H27NO.ClH/c1-20(2)15-9-11-17-16-10-5-6-12-18(16)21-19(17)13-7-3-4-8-14-19;/h5-6,9-12,17H,3-4,7-8,13-15H2,1-2H3;1H/b11-9+;. The molecule has 1 aromatic rings. The Bertz CT molecular complexity index is 504. The lowest BCUT2D eigenvalue weighted by Crippen LogP contribution is -2.36. The summed E-state index contributed by atoms with van der Waals surface area (Å²) in [4.78, 5) is 2.21. The van der Waals surface area contributed by atoms with Crippen LogP contribution in [0.25, 0.3) is 0 Å². The smallest absolute Gasteiger partial charge is 0.124 e. The number of benzene rings is 1. The normalized spacial score (nSPS) is 23.1. The number of nitrogens with zero attached hydrogens (tertiary/aromatic N) is 1. The van der Waals surface area contributed by atoms with Gasteiger partial charge in [0.05, 0.1) is 0 Å². The number of hydrogen-bond acceptors (Lipinski definition) is 2. The van der Waals surface area contributed by atoms with E-state index in [-0.39, 0.29) is 18.0 Å². The van der Waals surface area contributed by atoms with Crippen LogP contribution in [0, 0.1) is 0 Å². The maximum Gasteiger partial charge on any atom is 0.124 e. The predicted molar refractivity (Wildman–Crippen MR) is 95.2 cm³/mol. The van der Waals surface area contributed by atoms with Gasteiger partial charge in [0.2, 0.25) is 0 Å². The lowest BCUT2D eigenvalue weighted by atomic mass is 9.79. The van der Waals surface area contributed by atoms with E-state index in [4.69, 9.17) is 4.74 Å². The summed E-state index contributed by atoms with van der Waals surface area (Å²) < 4.78 is 6.52. The van der Waals surface area contributed by atoms with E-state index in [0.29, 0.717) is 5.92 Å². The van der Waals surface area contributed by atoms with Crippen molar-refractivity contribution in [1.29, 1.82) is 0 Å². The van der Waals surface area contributed by atoms with E-state index in [1.165, 1.54) is 44.1 Å². The second-order valence-corrected chi connectivity index (χ2v) is 6.79. The summed E-state index contributed by atoms with van der Waals surface area (Å²) in [7, 11) is 4.23. The zero-order valence-electron chi connectivity index (χ0n) is 13.8. The first-order chi connectivity index (χ1) is 10.2. The van der Waals surface area contributed by atoms with E-state index in [2.05, 4.69) is 55.4 Å². The Hall–Kier alpha value is -0.990. The van der Waals surface area contributed by atoms with Gasteiger partial charge in [0.15, 0.2) is 0 Å². The summed E-state index contributed by atoms with van der Waals surface area (Å²) in [6, 6.07) is 8.63. The van der Waals surface area contributed by atoms with Crippen molar-refractivity contribution in [3.63, 3.8) is 0 Å². The van der Waals surface area contributed by atoms with Gasteiger partial charge in [0.25, 0.3) is 0 Å². The van der Waals surface area contributed by atoms with Gasteiger partial charge >= 0.3 is 0 Å². The van der Waals surface area contributed by atoms with Crippen LogP contribution in [-0.4, -0.2) is 31.1 Å². The number of ether oxygens (including phenoxy) is 1. The van der Waals surface area contributed by atoms with Crippen molar-refractivity contribution in [2.24, 2.45) is 0 Å². The Balaban J connectivity index is 0.00000176. The van der Waals surface area contributed by atoms with Crippen LogP contribution in [0.15, 0.2) is 36.4 Å². The molecule has 2 nitrogen and oxygen atoms in total. The van der Waals surface area contributed by atoms with Crippen molar-refractivity contribution in [2.45, 2.75) is 50.0 Å². The third kappa shape index (κ3) is 3.49. The molecule has 1 saturated carbocycles. The van der Waals surface area contributed by atoms with Crippen LogP contribution in [0.5, 0.6) is 5.75 Å². The second kappa shape index (κ2) is 7.52. The van der Waals surface area contributed by atoms with E-state index in [9.17, 15) is 0 Å². The molecule has 1 aliphatic heterocycles. The van der Waals surface area contributed by atoms with E-state index in [1.54, 1.807) is 0 Å². The van der Waals surface area contributed by atoms with Gasteiger partial charge in [-0.3, -0.25) is 0 Å². The Morgan fingerprint density at radius 1 is 1.14 bits per heavy atom. The van der Waals surface area contributed by atoms with Crippen molar-refractivity contribution >= 4 is 12.4 Å².